The van der Waals surface area contributed by atoms with Gasteiger partial charge in [-0.1, -0.05) is 60.7 Å². The first-order valence-electron chi connectivity index (χ1n) is 11.0. The van der Waals surface area contributed by atoms with E-state index in [0.717, 1.165) is 50.8 Å². The van der Waals surface area contributed by atoms with Crippen LogP contribution in [0.2, 0.25) is 0 Å². The standard InChI is InChI=1S/C30H19N3O/c31-18-21-16-23(20-32-19-21)26-11-2-1-10-25(26)22-8-7-9-24(17-22)33-27-12-3-5-14-29(27)34-30-15-6-4-13-28(30)33/h1-17,19-20H. The molecule has 6 rings (SSSR count). The Morgan fingerprint density at radius 1 is 0.647 bits per heavy atom. The van der Waals surface area contributed by atoms with E-state index in [1.807, 2.05) is 54.6 Å². The number of anilines is 3. The number of nitrogens with zero attached hydrogens (tertiary/aromatic N) is 3. The summed E-state index contributed by atoms with van der Waals surface area (Å²) in [6.07, 6.45) is 3.39. The molecule has 1 aliphatic heterocycles. The van der Waals surface area contributed by atoms with Crippen LogP contribution >= 0.6 is 0 Å². The molecule has 1 aliphatic rings. The summed E-state index contributed by atoms with van der Waals surface area (Å²) in [7, 11) is 0. The van der Waals surface area contributed by atoms with Crippen molar-refractivity contribution in [3.05, 3.63) is 121 Å². The second kappa shape index (κ2) is 8.23. The number of benzene rings is 4. The Hall–Kier alpha value is -4.88. The summed E-state index contributed by atoms with van der Waals surface area (Å²) < 4.78 is 6.17. The molecule has 0 saturated carbocycles. The van der Waals surface area contributed by atoms with E-state index in [4.69, 9.17) is 4.74 Å². The minimum Gasteiger partial charge on any atom is -0.453 e. The van der Waals surface area contributed by atoms with E-state index in [0.29, 0.717) is 5.56 Å². The van der Waals surface area contributed by atoms with E-state index in [1.54, 1.807) is 12.4 Å². The molecule has 0 aliphatic carbocycles. The van der Waals surface area contributed by atoms with Crippen molar-refractivity contribution in [1.82, 2.24) is 4.98 Å². The summed E-state index contributed by atoms with van der Waals surface area (Å²) in [6, 6.07) is 36.9. The Morgan fingerprint density at radius 3 is 2.00 bits per heavy atom. The second-order valence-electron chi connectivity index (χ2n) is 8.04. The fourth-order valence-electron chi connectivity index (χ4n) is 4.43. The molecule has 0 amide bonds. The monoisotopic (exact) mass is 437 g/mol. The van der Waals surface area contributed by atoms with E-state index in [-0.39, 0.29) is 0 Å². The van der Waals surface area contributed by atoms with E-state index in [9.17, 15) is 5.26 Å². The van der Waals surface area contributed by atoms with Gasteiger partial charge >= 0.3 is 0 Å². The van der Waals surface area contributed by atoms with Crippen LogP contribution in [-0.2, 0) is 0 Å². The van der Waals surface area contributed by atoms with Crippen molar-refractivity contribution in [3.8, 4) is 39.8 Å². The van der Waals surface area contributed by atoms with Crippen LogP contribution in [0.5, 0.6) is 11.5 Å². The summed E-state index contributed by atoms with van der Waals surface area (Å²) >= 11 is 0. The van der Waals surface area contributed by atoms with Crippen LogP contribution in [0, 0.1) is 11.3 Å². The van der Waals surface area contributed by atoms with Crippen LogP contribution in [0.1, 0.15) is 5.56 Å². The highest BCUT2D eigenvalue weighted by atomic mass is 16.5. The van der Waals surface area contributed by atoms with E-state index in [2.05, 4.69) is 64.5 Å². The number of ether oxygens (including phenoxy) is 1. The van der Waals surface area contributed by atoms with Gasteiger partial charge in [0.15, 0.2) is 11.5 Å². The van der Waals surface area contributed by atoms with Crippen molar-refractivity contribution in [3.63, 3.8) is 0 Å². The molecule has 4 nitrogen and oxygen atoms in total. The Bertz CT molecular complexity index is 1520. The van der Waals surface area contributed by atoms with Gasteiger partial charge in [0.1, 0.15) is 6.07 Å². The van der Waals surface area contributed by atoms with Gasteiger partial charge in [0, 0.05) is 23.6 Å². The normalized spacial score (nSPS) is 11.7. The number of rotatable bonds is 3. The van der Waals surface area contributed by atoms with Gasteiger partial charge in [0.25, 0.3) is 0 Å². The first kappa shape index (κ1) is 19.8. The number of aromatic nitrogens is 1. The Morgan fingerprint density at radius 2 is 1.29 bits per heavy atom. The molecule has 160 valence electrons. The SMILES string of the molecule is N#Cc1cncc(-c2ccccc2-c2cccc(N3c4ccccc4Oc4ccccc43)c2)c1. The molecule has 2 heterocycles. The topological polar surface area (TPSA) is 49.2 Å². The molecule has 0 N–H and O–H groups in total. The van der Waals surface area contributed by atoms with Gasteiger partial charge in [-0.15, -0.1) is 0 Å². The summed E-state index contributed by atoms with van der Waals surface area (Å²) in [6.45, 7) is 0. The highest BCUT2D eigenvalue weighted by Gasteiger charge is 2.25. The third-order valence-corrected chi connectivity index (χ3v) is 5.95. The molecule has 0 bridgehead atoms. The summed E-state index contributed by atoms with van der Waals surface area (Å²) in [4.78, 5) is 6.50. The molecular weight excluding hydrogens is 418 g/mol. The minimum atomic E-state index is 0.544. The summed E-state index contributed by atoms with van der Waals surface area (Å²) in [5.74, 6) is 1.65. The van der Waals surface area contributed by atoms with Crippen LogP contribution in [0.15, 0.2) is 116 Å². The van der Waals surface area contributed by atoms with Gasteiger partial charge in [0.2, 0.25) is 0 Å². The molecule has 0 fully saturated rings. The first-order valence-corrected chi connectivity index (χ1v) is 11.0. The maximum atomic E-state index is 9.33. The molecule has 0 unspecified atom stereocenters. The van der Waals surface area contributed by atoms with Gasteiger partial charge in [-0.05, 0) is 59.2 Å². The zero-order valence-corrected chi connectivity index (χ0v) is 18.2. The van der Waals surface area contributed by atoms with Crippen molar-refractivity contribution < 1.29 is 4.74 Å². The Labute approximate surface area is 198 Å². The third-order valence-electron chi connectivity index (χ3n) is 5.95. The lowest BCUT2D eigenvalue weighted by Crippen LogP contribution is -2.15. The molecule has 0 saturated heterocycles. The highest BCUT2D eigenvalue weighted by Crippen LogP contribution is 2.50. The van der Waals surface area contributed by atoms with Crippen molar-refractivity contribution in [2.45, 2.75) is 0 Å². The van der Waals surface area contributed by atoms with Gasteiger partial charge in [-0.3, -0.25) is 4.98 Å². The van der Waals surface area contributed by atoms with E-state index < -0.39 is 0 Å². The maximum absolute atomic E-state index is 9.33. The zero-order chi connectivity index (χ0) is 22.9. The predicted molar refractivity (Wildman–Crippen MR) is 135 cm³/mol. The summed E-state index contributed by atoms with van der Waals surface area (Å²) in [5, 5.41) is 9.33. The van der Waals surface area contributed by atoms with Gasteiger partial charge < -0.3 is 9.64 Å². The lowest BCUT2D eigenvalue weighted by molar-refractivity contribution is 0.477. The van der Waals surface area contributed by atoms with Gasteiger partial charge in [-0.2, -0.15) is 5.26 Å². The molecule has 5 aromatic rings. The van der Waals surface area contributed by atoms with Gasteiger partial charge in [0.05, 0.1) is 16.9 Å². The third kappa shape index (κ3) is 3.37. The van der Waals surface area contributed by atoms with Crippen LogP contribution < -0.4 is 9.64 Å². The quantitative estimate of drug-likeness (QED) is 0.283. The van der Waals surface area contributed by atoms with Gasteiger partial charge in [-0.25, -0.2) is 0 Å². The molecule has 0 spiro atoms. The number of para-hydroxylation sites is 4. The fourth-order valence-corrected chi connectivity index (χ4v) is 4.43. The number of nitriles is 1. The first-order chi connectivity index (χ1) is 16.8. The van der Waals surface area contributed by atoms with E-state index in [1.165, 1.54) is 0 Å². The van der Waals surface area contributed by atoms with Crippen LogP contribution in [-0.4, -0.2) is 4.98 Å². The molecule has 34 heavy (non-hydrogen) atoms. The number of hydrogen-bond donors (Lipinski definition) is 0. The number of hydrogen-bond acceptors (Lipinski definition) is 4. The van der Waals surface area contributed by atoms with Crippen molar-refractivity contribution in [2.24, 2.45) is 0 Å². The average molecular weight is 438 g/mol. The molecule has 1 aromatic heterocycles. The molecule has 4 heteroatoms. The number of pyridine rings is 1. The fraction of sp³-hybridized carbons (Fsp3) is 0. The largest absolute Gasteiger partial charge is 0.453 e. The number of fused-ring (bicyclic) bond motifs is 2. The predicted octanol–water partition coefficient (Wildman–Crippen LogP) is 7.86. The average Bonchev–Trinajstić information content (AvgIpc) is 2.92. The molecule has 4 aromatic carbocycles. The van der Waals surface area contributed by atoms with Crippen LogP contribution in [0.25, 0.3) is 22.3 Å². The Kier molecular flexibility index (Phi) is 4.79. The maximum Gasteiger partial charge on any atom is 0.151 e. The summed E-state index contributed by atoms with van der Waals surface area (Å²) in [5.41, 5.74) is 7.69. The Balaban J connectivity index is 1.50. The van der Waals surface area contributed by atoms with E-state index >= 15 is 0 Å². The molecular formula is C30H19N3O. The molecule has 0 radical (unpaired) electrons. The smallest absolute Gasteiger partial charge is 0.151 e. The lowest BCUT2D eigenvalue weighted by atomic mass is 9.94. The minimum absolute atomic E-state index is 0.544. The highest BCUT2D eigenvalue weighted by molar-refractivity contribution is 5.89. The second-order valence-corrected chi connectivity index (χ2v) is 8.04. The molecule has 0 atom stereocenters. The lowest BCUT2D eigenvalue weighted by Gasteiger charge is -2.33. The van der Waals surface area contributed by atoms with Crippen molar-refractivity contribution in [2.75, 3.05) is 4.90 Å². The van der Waals surface area contributed by atoms with Crippen LogP contribution in [0.4, 0.5) is 17.1 Å². The van der Waals surface area contributed by atoms with Crippen LogP contribution in [0.3, 0.4) is 0 Å². The zero-order valence-electron chi connectivity index (χ0n) is 18.2. The van der Waals surface area contributed by atoms with Crippen molar-refractivity contribution in [1.29, 1.82) is 5.26 Å². The van der Waals surface area contributed by atoms with Crippen molar-refractivity contribution >= 4 is 17.1 Å².